The van der Waals surface area contributed by atoms with E-state index in [1.54, 1.807) is 12.1 Å². The highest BCUT2D eigenvalue weighted by molar-refractivity contribution is 14.1. The molecule has 0 fully saturated rings. The van der Waals surface area contributed by atoms with Crippen LogP contribution in [0.25, 0.3) is 22.4 Å². The van der Waals surface area contributed by atoms with E-state index in [1.165, 1.54) is 7.11 Å². The summed E-state index contributed by atoms with van der Waals surface area (Å²) in [6.07, 6.45) is 0. The smallest absolute Gasteiger partial charge is 0.233 e. The van der Waals surface area contributed by atoms with Crippen LogP contribution in [-0.4, -0.2) is 12.1 Å². The third-order valence-electron chi connectivity index (χ3n) is 2.92. The lowest BCUT2D eigenvalue weighted by atomic mass is 10.1. The lowest BCUT2D eigenvalue weighted by Crippen LogP contribution is -2.08. The molecule has 3 rings (SSSR count). The van der Waals surface area contributed by atoms with Gasteiger partial charge in [0.25, 0.3) is 0 Å². The lowest BCUT2D eigenvalue weighted by molar-refractivity contribution is 0.396. The van der Waals surface area contributed by atoms with Gasteiger partial charge in [-0.05, 0) is 28.7 Å². The Morgan fingerprint density at radius 2 is 1.90 bits per heavy atom. The minimum Gasteiger partial charge on any atom is -0.481 e. The van der Waals surface area contributed by atoms with Crippen molar-refractivity contribution in [1.82, 2.24) is 4.98 Å². The third-order valence-corrected chi connectivity index (χ3v) is 3.90. The summed E-state index contributed by atoms with van der Waals surface area (Å²) in [5.41, 5.74) is 1.05. The van der Waals surface area contributed by atoms with E-state index in [9.17, 15) is 4.79 Å². The first-order chi connectivity index (χ1) is 9.70. The summed E-state index contributed by atoms with van der Waals surface area (Å²) >= 11 is 2.01. The molecule has 5 heteroatoms. The highest BCUT2D eigenvalue weighted by Crippen LogP contribution is 2.26. The average Bonchev–Trinajstić information content (AvgIpc) is 2.51. The van der Waals surface area contributed by atoms with Crippen molar-refractivity contribution in [3.63, 3.8) is 0 Å². The van der Waals surface area contributed by atoms with Gasteiger partial charge in [-0.25, -0.2) is 0 Å². The number of benzene rings is 1. The van der Waals surface area contributed by atoms with Crippen LogP contribution in [0, 0.1) is 3.57 Å². The van der Waals surface area contributed by atoms with Crippen LogP contribution in [0.2, 0.25) is 0 Å². The number of fused-ring (bicyclic) bond motifs is 1. The first kappa shape index (κ1) is 13.1. The number of pyridine rings is 1. The van der Waals surface area contributed by atoms with E-state index < -0.39 is 0 Å². The van der Waals surface area contributed by atoms with Crippen molar-refractivity contribution >= 4 is 33.7 Å². The van der Waals surface area contributed by atoms with Gasteiger partial charge in [0, 0.05) is 11.6 Å². The Morgan fingerprint density at radius 3 is 2.60 bits per heavy atom. The molecule has 0 aliphatic heterocycles. The van der Waals surface area contributed by atoms with Gasteiger partial charge in [0.1, 0.15) is 3.57 Å². The van der Waals surface area contributed by atoms with Gasteiger partial charge in [-0.1, -0.05) is 30.3 Å². The molecule has 0 spiro atoms. The number of hydrogen-bond donors (Lipinski definition) is 0. The van der Waals surface area contributed by atoms with E-state index >= 15 is 0 Å². The van der Waals surface area contributed by atoms with Crippen molar-refractivity contribution in [2.75, 3.05) is 7.11 Å². The molecule has 0 bridgehead atoms. The van der Waals surface area contributed by atoms with Gasteiger partial charge in [-0.15, -0.1) is 0 Å². The first-order valence-corrected chi connectivity index (χ1v) is 7.01. The Kier molecular flexibility index (Phi) is 3.43. The Hall–Kier alpha value is -1.89. The van der Waals surface area contributed by atoms with Crippen LogP contribution in [0.15, 0.2) is 51.7 Å². The zero-order valence-corrected chi connectivity index (χ0v) is 12.7. The zero-order valence-electron chi connectivity index (χ0n) is 10.6. The van der Waals surface area contributed by atoms with Crippen molar-refractivity contribution in [3.8, 4) is 17.2 Å². The summed E-state index contributed by atoms with van der Waals surface area (Å²) in [6, 6.07) is 12.8. The molecule has 0 aliphatic rings. The molecule has 0 N–H and O–H groups in total. The van der Waals surface area contributed by atoms with Gasteiger partial charge < -0.3 is 9.15 Å². The summed E-state index contributed by atoms with van der Waals surface area (Å²) in [4.78, 5) is 16.6. The summed E-state index contributed by atoms with van der Waals surface area (Å²) < 4.78 is 11.4. The van der Waals surface area contributed by atoms with Crippen LogP contribution in [0.3, 0.4) is 0 Å². The standard InChI is InChI=1S/C15H10INO3/c1-19-11-8-7-10-13(18)12(16)14(20-15(10)17-11)9-5-3-2-4-6-9/h2-8H,1H3. The molecule has 0 amide bonds. The predicted molar refractivity (Wildman–Crippen MR) is 85.0 cm³/mol. The quantitative estimate of drug-likeness (QED) is 0.640. The fourth-order valence-corrected chi connectivity index (χ4v) is 2.64. The van der Waals surface area contributed by atoms with Crippen molar-refractivity contribution < 1.29 is 9.15 Å². The topological polar surface area (TPSA) is 52.3 Å². The monoisotopic (exact) mass is 379 g/mol. The van der Waals surface area contributed by atoms with Crippen molar-refractivity contribution in [1.29, 1.82) is 0 Å². The molecule has 0 radical (unpaired) electrons. The molecule has 0 saturated heterocycles. The Bertz CT molecular complexity index is 828. The van der Waals surface area contributed by atoms with Crippen LogP contribution in [0.1, 0.15) is 0 Å². The molecule has 0 atom stereocenters. The van der Waals surface area contributed by atoms with Crippen LogP contribution in [0.4, 0.5) is 0 Å². The number of rotatable bonds is 2. The largest absolute Gasteiger partial charge is 0.481 e. The van der Waals surface area contributed by atoms with Crippen LogP contribution < -0.4 is 10.2 Å². The second kappa shape index (κ2) is 5.24. The van der Waals surface area contributed by atoms with Gasteiger partial charge >= 0.3 is 0 Å². The summed E-state index contributed by atoms with van der Waals surface area (Å²) in [5.74, 6) is 0.949. The molecule has 2 aromatic heterocycles. The van der Waals surface area contributed by atoms with Crippen molar-refractivity contribution in [3.05, 3.63) is 56.3 Å². The minimum atomic E-state index is -0.0825. The highest BCUT2D eigenvalue weighted by atomic mass is 127. The molecule has 1 aromatic carbocycles. The normalized spacial score (nSPS) is 10.7. The van der Waals surface area contributed by atoms with Gasteiger partial charge in [-0.3, -0.25) is 4.79 Å². The van der Waals surface area contributed by atoms with Crippen molar-refractivity contribution in [2.24, 2.45) is 0 Å². The van der Waals surface area contributed by atoms with Crippen LogP contribution in [0.5, 0.6) is 5.88 Å². The second-order valence-electron chi connectivity index (χ2n) is 4.15. The van der Waals surface area contributed by atoms with E-state index in [1.807, 2.05) is 52.9 Å². The SMILES string of the molecule is COc1ccc2c(=O)c(I)c(-c3ccccc3)oc2n1. The fourth-order valence-electron chi connectivity index (χ4n) is 1.93. The number of methoxy groups -OCH3 is 1. The highest BCUT2D eigenvalue weighted by Gasteiger charge is 2.15. The maximum atomic E-state index is 12.4. The number of hydrogen-bond acceptors (Lipinski definition) is 4. The minimum absolute atomic E-state index is 0.0825. The van der Waals surface area contributed by atoms with E-state index in [2.05, 4.69) is 4.98 Å². The molecule has 2 heterocycles. The second-order valence-corrected chi connectivity index (χ2v) is 5.23. The maximum absolute atomic E-state index is 12.4. The van der Waals surface area contributed by atoms with Gasteiger partial charge in [0.05, 0.1) is 12.5 Å². The number of nitrogens with zero attached hydrogens (tertiary/aromatic N) is 1. The predicted octanol–water partition coefficient (Wildman–Crippen LogP) is 3.47. The molecular formula is C15H10INO3. The summed E-state index contributed by atoms with van der Waals surface area (Å²) in [6.45, 7) is 0. The molecule has 3 aromatic rings. The zero-order chi connectivity index (χ0) is 14.1. The number of ether oxygens (including phenoxy) is 1. The van der Waals surface area contributed by atoms with E-state index in [4.69, 9.17) is 9.15 Å². The molecule has 0 unspecified atom stereocenters. The molecule has 0 saturated carbocycles. The summed E-state index contributed by atoms with van der Waals surface area (Å²) in [7, 11) is 1.52. The molecule has 0 aliphatic carbocycles. The molecular weight excluding hydrogens is 369 g/mol. The Balaban J connectivity index is 2.34. The maximum Gasteiger partial charge on any atom is 0.233 e. The van der Waals surface area contributed by atoms with Gasteiger partial charge in [-0.2, -0.15) is 4.98 Å². The Morgan fingerprint density at radius 1 is 1.15 bits per heavy atom. The number of halogens is 1. The van der Waals surface area contributed by atoms with Crippen LogP contribution in [-0.2, 0) is 0 Å². The number of aromatic nitrogens is 1. The molecule has 20 heavy (non-hydrogen) atoms. The molecule has 100 valence electrons. The van der Waals surface area contributed by atoms with Crippen molar-refractivity contribution in [2.45, 2.75) is 0 Å². The Labute approximate surface area is 128 Å². The van der Waals surface area contributed by atoms with Gasteiger partial charge in [0.15, 0.2) is 5.76 Å². The lowest BCUT2D eigenvalue weighted by Gasteiger charge is -2.06. The van der Waals surface area contributed by atoms with E-state index in [-0.39, 0.29) is 11.1 Å². The van der Waals surface area contributed by atoms with E-state index in [0.29, 0.717) is 20.6 Å². The molecule has 4 nitrogen and oxygen atoms in total. The first-order valence-electron chi connectivity index (χ1n) is 5.93. The van der Waals surface area contributed by atoms with Crippen LogP contribution >= 0.6 is 22.6 Å². The van der Waals surface area contributed by atoms with E-state index in [0.717, 1.165) is 5.56 Å². The summed E-state index contributed by atoms with van der Waals surface area (Å²) in [5, 5.41) is 0.454. The third kappa shape index (κ3) is 2.18. The fraction of sp³-hybridized carbons (Fsp3) is 0.0667. The average molecular weight is 379 g/mol. The van der Waals surface area contributed by atoms with Gasteiger partial charge in [0.2, 0.25) is 17.0 Å².